The molecule has 0 atom stereocenters. The first-order chi connectivity index (χ1) is 12.5. The highest BCUT2D eigenvalue weighted by Crippen LogP contribution is 2.30. The van der Waals surface area contributed by atoms with E-state index in [-0.39, 0.29) is 11.7 Å². The number of aromatic nitrogens is 1. The number of thioether (sulfide) groups is 1. The predicted octanol–water partition coefficient (Wildman–Crippen LogP) is 3.98. The van der Waals surface area contributed by atoms with Gasteiger partial charge in [0, 0.05) is 25.2 Å². The fourth-order valence-corrected chi connectivity index (χ4v) is 3.98. The molecule has 2 heterocycles. The molecule has 1 aromatic heterocycles. The molecule has 0 unspecified atom stereocenters. The molecule has 8 heteroatoms. The Morgan fingerprint density at radius 2 is 2.15 bits per heavy atom. The third-order valence-corrected chi connectivity index (χ3v) is 5.64. The predicted molar refractivity (Wildman–Crippen MR) is 105 cm³/mol. The van der Waals surface area contributed by atoms with E-state index in [9.17, 15) is 10.1 Å². The molecule has 2 aromatic rings. The van der Waals surface area contributed by atoms with Crippen LogP contribution in [0.15, 0.2) is 29.3 Å². The number of benzene rings is 1. The number of likely N-dealkylation sites (N-methyl/N-ethyl adjacent to an activating group) is 1. The molecule has 1 aliphatic rings. The molecule has 0 saturated heterocycles. The van der Waals surface area contributed by atoms with E-state index in [1.54, 1.807) is 18.2 Å². The fourth-order valence-electron chi connectivity index (χ4n) is 2.71. The summed E-state index contributed by atoms with van der Waals surface area (Å²) >= 11 is 13.4. The van der Waals surface area contributed by atoms with Crippen molar-refractivity contribution < 1.29 is 4.79 Å². The van der Waals surface area contributed by atoms with Crippen molar-refractivity contribution in [2.45, 2.75) is 18.0 Å². The van der Waals surface area contributed by atoms with Gasteiger partial charge >= 0.3 is 0 Å². The molecule has 5 nitrogen and oxygen atoms in total. The second kappa shape index (κ2) is 8.28. The van der Waals surface area contributed by atoms with Crippen LogP contribution in [0.4, 0.5) is 5.69 Å². The summed E-state index contributed by atoms with van der Waals surface area (Å²) in [4.78, 5) is 19.1. The van der Waals surface area contributed by atoms with Gasteiger partial charge in [-0.1, -0.05) is 41.0 Å². The summed E-state index contributed by atoms with van der Waals surface area (Å²) in [5.74, 6) is -0.143. The van der Waals surface area contributed by atoms with E-state index in [1.165, 1.54) is 11.8 Å². The zero-order valence-corrected chi connectivity index (χ0v) is 16.4. The van der Waals surface area contributed by atoms with Crippen LogP contribution in [0.2, 0.25) is 10.0 Å². The number of fused-ring (bicyclic) bond motifs is 1. The van der Waals surface area contributed by atoms with Gasteiger partial charge in [-0.25, -0.2) is 4.98 Å². The maximum Gasteiger partial charge on any atom is 0.234 e. The largest absolute Gasteiger partial charge is 0.323 e. The van der Waals surface area contributed by atoms with Gasteiger partial charge in [0.2, 0.25) is 5.91 Å². The lowest BCUT2D eigenvalue weighted by Gasteiger charge is -2.24. The molecular weight excluding hydrogens is 391 g/mol. The lowest BCUT2D eigenvalue weighted by molar-refractivity contribution is -0.113. The SMILES string of the molecule is CN1CCc2nc(SCC(=O)Nc3c(Cl)cccc3Cl)c(C#N)cc2C1. The number of nitriles is 1. The summed E-state index contributed by atoms with van der Waals surface area (Å²) in [6.07, 6.45) is 0.840. The van der Waals surface area contributed by atoms with Crippen molar-refractivity contribution >= 4 is 46.6 Å². The molecule has 0 fully saturated rings. The van der Waals surface area contributed by atoms with Gasteiger partial charge in [-0.3, -0.25) is 4.79 Å². The van der Waals surface area contributed by atoms with Crippen LogP contribution in [-0.2, 0) is 17.8 Å². The molecule has 1 aliphatic heterocycles. The first kappa shape index (κ1) is 19.0. The van der Waals surface area contributed by atoms with Crippen molar-refractivity contribution in [3.05, 3.63) is 51.1 Å². The number of pyridine rings is 1. The topological polar surface area (TPSA) is 69.0 Å². The number of carbonyl (C=O) groups excluding carboxylic acids is 1. The molecule has 0 saturated carbocycles. The van der Waals surface area contributed by atoms with Crippen LogP contribution in [0.1, 0.15) is 16.8 Å². The molecule has 0 bridgehead atoms. The van der Waals surface area contributed by atoms with Crippen LogP contribution in [0.25, 0.3) is 0 Å². The number of hydrogen-bond acceptors (Lipinski definition) is 5. The average molecular weight is 407 g/mol. The third kappa shape index (κ3) is 4.30. The number of anilines is 1. The highest BCUT2D eigenvalue weighted by Gasteiger charge is 2.19. The second-order valence-electron chi connectivity index (χ2n) is 5.98. The lowest BCUT2D eigenvalue weighted by atomic mass is 10.0. The number of rotatable bonds is 4. The van der Waals surface area contributed by atoms with Gasteiger partial charge in [0.05, 0.1) is 27.0 Å². The van der Waals surface area contributed by atoms with Crippen molar-refractivity contribution in [2.75, 3.05) is 24.7 Å². The summed E-state index contributed by atoms with van der Waals surface area (Å²) in [5, 5.41) is 13.5. The minimum absolute atomic E-state index is 0.113. The lowest BCUT2D eigenvalue weighted by Crippen LogP contribution is -2.27. The standard InChI is InChI=1S/C18H16Cl2N4OS/c1-24-6-5-15-12(9-24)7-11(8-21)18(22-15)26-10-16(25)23-17-13(19)3-2-4-14(17)20/h2-4,7H,5-6,9-10H2,1H3,(H,23,25). The molecule has 134 valence electrons. The normalized spacial score (nSPS) is 13.8. The van der Waals surface area contributed by atoms with Crippen LogP contribution in [0.5, 0.6) is 0 Å². The van der Waals surface area contributed by atoms with Gasteiger partial charge in [-0.2, -0.15) is 5.26 Å². The highest BCUT2D eigenvalue weighted by molar-refractivity contribution is 8.00. The van der Waals surface area contributed by atoms with Crippen LogP contribution in [-0.4, -0.2) is 35.1 Å². The van der Waals surface area contributed by atoms with Crippen molar-refractivity contribution in [3.8, 4) is 6.07 Å². The first-order valence-electron chi connectivity index (χ1n) is 7.96. The van der Waals surface area contributed by atoms with Crippen LogP contribution < -0.4 is 5.32 Å². The fraction of sp³-hybridized carbons (Fsp3) is 0.278. The van der Waals surface area contributed by atoms with E-state index in [0.717, 1.165) is 30.8 Å². The molecule has 1 N–H and O–H groups in total. The van der Waals surface area contributed by atoms with Gasteiger partial charge in [0.15, 0.2) is 0 Å². The monoisotopic (exact) mass is 406 g/mol. The molecule has 0 spiro atoms. The van der Waals surface area contributed by atoms with Gasteiger partial charge in [0.1, 0.15) is 11.1 Å². The molecular formula is C18H16Cl2N4OS. The Hall–Kier alpha value is -1.78. The van der Waals surface area contributed by atoms with E-state index < -0.39 is 0 Å². The van der Waals surface area contributed by atoms with E-state index in [4.69, 9.17) is 23.2 Å². The third-order valence-electron chi connectivity index (χ3n) is 4.01. The molecule has 26 heavy (non-hydrogen) atoms. The van der Waals surface area contributed by atoms with E-state index in [1.807, 2.05) is 13.1 Å². The van der Waals surface area contributed by atoms with Gasteiger partial charge in [-0.15, -0.1) is 0 Å². The zero-order valence-electron chi connectivity index (χ0n) is 14.1. The molecule has 0 aliphatic carbocycles. The zero-order chi connectivity index (χ0) is 18.7. The van der Waals surface area contributed by atoms with Crippen molar-refractivity contribution in [3.63, 3.8) is 0 Å². The average Bonchev–Trinajstić information content (AvgIpc) is 2.62. The molecule has 1 amide bonds. The van der Waals surface area contributed by atoms with Gasteiger partial charge in [0.25, 0.3) is 0 Å². The van der Waals surface area contributed by atoms with Gasteiger partial charge < -0.3 is 10.2 Å². The number of hydrogen-bond donors (Lipinski definition) is 1. The first-order valence-corrected chi connectivity index (χ1v) is 9.70. The van der Waals surface area contributed by atoms with Crippen molar-refractivity contribution in [2.24, 2.45) is 0 Å². The summed E-state index contributed by atoms with van der Waals surface area (Å²) in [5.41, 5.74) is 2.96. The van der Waals surface area contributed by atoms with Crippen molar-refractivity contribution in [1.82, 2.24) is 9.88 Å². The minimum Gasteiger partial charge on any atom is -0.323 e. The number of carbonyl (C=O) groups is 1. The Bertz CT molecular complexity index is 877. The van der Waals surface area contributed by atoms with E-state index in [0.29, 0.717) is 26.3 Å². The maximum atomic E-state index is 12.3. The number of amides is 1. The minimum atomic E-state index is -0.256. The molecule has 3 rings (SSSR count). The molecule has 0 radical (unpaired) electrons. The molecule has 1 aromatic carbocycles. The second-order valence-corrected chi connectivity index (χ2v) is 7.76. The Morgan fingerprint density at radius 3 is 2.85 bits per heavy atom. The van der Waals surface area contributed by atoms with E-state index in [2.05, 4.69) is 21.3 Å². The maximum absolute atomic E-state index is 12.3. The highest BCUT2D eigenvalue weighted by atomic mass is 35.5. The number of para-hydroxylation sites is 1. The Balaban J connectivity index is 1.71. The van der Waals surface area contributed by atoms with Crippen molar-refractivity contribution in [1.29, 1.82) is 5.26 Å². The summed E-state index contributed by atoms with van der Waals surface area (Å²) in [7, 11) is 2.04. The Labute approximate surface area is 166 Å². The van der Waals surface area contributed by atoms with E-state index >= 15 is 0 Å². The number of nitrogens with one attached hydrogen (secondary N) is 1. The smallest absolute Gasteiger partial charge is 0.234 e. The summed E-state index contributed by atoms with van der Waals surface area (Å²) in [6.45, 7) is 1.72. The van der Waals surface area contributed by atoms with Gasteiger partial charge in [-0.05, 0) is 30.8 Å². The Kier molecular flexibility index (Phi) is 6.05. The van der Waals surface area contributed by atoms with Crippen LogP contribution in [0, 0.1) is 11.3 Å². The Morgan fingerprint density at radius 1 is 1.42 bits per heavy atom. The number of halogens is 2. The summed E-state index contributed by atoms with van der Waals surface area (Å²) in [6, 6.07) is 9.08. The van der Waals surface area contributed by atoms with Crippen LogP contribution in [0.3, 0.4) is 0 Å². The quantitative estimate of drug-likeness (QED) is 0.777. The number of nitrogens with zero attached hydrogens (tertiary/aromatic N) is 3. The van der Waals surface area contributed by atoms with Crippen LogP contribution >= 0.6 is 35.0 Å². The summed E-state index contributed by atoms with van der Waals surface area (Å²) < 4.78 is 0.